The number of carbonyl (C=O) groups excluding carboxylic acids is 2. The number of esters is 2. The predicted molar refractivity (Wildman–Crippen MR) is 454 cm³/mol. The van der Waals surface area contributed by atoms with E-state index in [0.29, 0.717) is 29.0 Å². The molecule has 0 radical (unpaired) electrons. The maximum atomic E-state index is 13.9. The number of hydrogen-bond acceptors (Lipinski definition) is 16. The second-order valence-corrected chi connectivity index (χ2v) is 46.4. The largest absolute Gasteiger partial charge is 0.743 e. The molecule has 37 heteroatoms. The van der Waals surface area contributed by atoms with Crippen LogP contribution in [0.1, 0.15) is 143 Å². The van der Waals surface area contributed by atoms with Crippen LogP contribution < -0.4 is 9.47 Å². The maximum absolute atomic E-state index is 13.9. The van der Waals surface area contributed by atoms with Crippen LogP contribution in [-0.2, 0) is 97.7 Å². The van der Waals surface area contributed by atoms with E-state index in [1.807, 2.05) is 48.5 Å². The van der Waals surface area contributed by atoms with E-state index in [9.17, 15) is 114 Å². The Morgan fingerprint density at radius 2 is 0.674 bits per heavy atom. The van der Waals surface area contributed by atoms with E-state index in [0.717, 1.165) is 77.3 Å². The van der Waals surface area contributed by atoms with Gasteiger partial charge in [-0.15, -0.1) is 0 Å². The summed E-state index contributed by atoms with van der Waals surface area (Å²) in [5.41, 5.74) is -0.529. The first kappa shape index (κ1) is 102. The van der Waals surface area contributed by atoms with Crippen molar-refractivity contribution in [2.45, 2.75) is 229 Å². The summed E-state index contributed by atoms with van der Waals surface area (Å²) in [4.78, 5) is 32.9. The van der Waals surface area contributed by atoms with Gasteiger partial charge in [-0.2, -0.15) is 65.9 Å². The van der Waals surface area contributed by atoms with Crippen molar-refractivity contribution in [2.75, 3.05) is 31.8 Å². The minimum atomic E-state index is -6.67. The highest BCUT2D eigenvalue weighted by atomic mass is 32.2. The molecule has 704 valence electrons. The minimum Gasteiger partial charge on any atom is -0.743 e. The number of methoxy groups -OCH3 is 1. The number of rotatable bonds is 23. The molecule has 16 nitrogen and oxygen atoms in total. The van der Waals surface area contributed by atoms with Crippen molar-refractivity contribution >= 4 is 85.8 Å². The molecule has 0 N–H and O–H groups in total. The van der Waals surface area contributed by atoms with E-state index in [1.165, 1.54) is 66.8 Å². The van der Waals surface area contributed by atoms with Crippen LogP contribution in [0.25, 0.3) is 10.8 Å². The van der Waals surface area contributed by atoms with Crippen molar-refractivity contribution in [1.29, 1.82) is 0 Å². The molecule has 0 aromatic heterocycles. The summed E-state index contributed by atoms with van der Waals surface area (Å²) in [6, 6.07) is 66.1. The Labute approximate surface area is 749 Å². The van der Waals surface area contributed by atoms with Crippen LogP contribution in [0.3, 0.4) is 0 Å². The molecule has 0 amide bonds. The van der Waals surface area contributed by atoms with Gasteiger partial charge in [-0.05, 0) is 250 Å². The van der Waals surface area contributed by atoms with Gasteiger partial charge in [-0.25, -0.2) is 25.3 Å². The number of alkyl halides is 15. The third kappa shape index (κ3) is 24.3. The molecular formula is C92H99F15O16S6. The monoisotopic (exact) mass is 1940 g/mol. The molecule has 9 fully saturated rings. The molecule has 17 rings (SSSR count). The normalized spacial score (nSPS) is 22.5. The first-order valence-electron chi connectivity index (χ1n) is 41.5. The van der Waals surface area contributed by atoms with Crippen LogP contribution in [0.5, 0.6) is 11.5 Å². The van der Waals surface area contributed by atoms with Gasteiger partial charge in [-0.1, -0.05) is 139 Å². The van der Waals surface area contributed by atoms with E-state index >= 15 is 0 Å². The molecule has 1 saturated heterocycles. The highest BCUT2D eigenvalue weighted by Crippen LogP contribution is 2.63. The molecule has 8 bridgehead atoms. The fourth-order valence-corrected chi connectivity index (χ4v) is 26.7. The summed E-state index contributed by atoms with van der Waals surface area (Å²) in [5, 5.41) is -14.7. The number of benzene rings is 8. The zero-order valence-corrected chi connectivity index (χ0v) is 76.0. The standard InChI is InChI=1S/C29H31F5O4S2.C18H15S.C17H21O2S.2C14H17F5O5S/c1-26(2,3)19-7-13-22(14-8-19)39(23-15-9-20(10-16-23)27(4,5)6)24-17-11-21(12-18-24)38-25(28(30,31)32)29(33,34)40(35,36)37;1-4-10-16(11-5-1)19(17-12-6-2-7-13-17)18-14-8-3-9-15-18;1-18-10-11-19-16-8-9-17(20-12-4-5-13-20)15-7-3-2-6-14(15)16;2*15-13(16,17)10(14(18,19)25(21,22)23)24-11(20)12-4-7-1-8(5-12)3-9(2-7)6-12/h7-18,25H,1-6H3;1-15H;2-3,6-9H,4-5,10-13H2,1H3;2*7-10H,1-6H2,(H,21,22,23)/q;2*+1;;/p-2. The van der Waals surface area contributed by atoms with Gasteiger partial charge in [0, 0.05) is 28.8 Å². The topological polar surface area (TPSA) is 252 Å². The van der Waals surface area contributed by atoms with Crippen molar-refractivity contribution in [2.24, 2.45) is 46.3 Å². The third-order valence-electron chi connectivity index (χ3n) is 24.1. The summed E-state index contributed by atoms with van der Waals surface area (Å²) in [5.74, 6) is 0.862. The van der Waals surface area contributed by atoms with Gasteiger partial charge in [0.2, 0.25) is 0 Å². The number of carbonyl (C=O) groups is 2. The highest BCUT2D eigenvalue weighted by molar-refractivity contribution is 7.97. The van der Waals surface area contributed by atoms with Crippen LogP contribution in [0.15, 0.2) is 234 Å². The summed E-state index contributed by atoms with van der Waals surface area (Å²) in [6.45, 7) is 13.7. The zero-order valence-electron chi connectivity index (χ0n) is 71.1. The Morgan fingerprint density at radius 3 is 0.969 bits per heavy atom. The molecular weight excluding hydrogens is 1840 g/mol. The molecule has 8 aliphatic carbocycles. The van der Waals surface area contributed by atoms with Crippen molar-refractivity contribution in [3.63, 3.8) is 0 Å². The fraction of sp³-hybridized carbons (Fsp3) is 0.478. The SMILES string of the molecule is CC(C)(C)c1ccc([S+](c2ccc(OC(C(F)(F)F)C(F)(F)S(=O)(=O)[O-])cc2)c2ccc(C(C)(C)C)cc2)cc1.COCCOc1ccc([S+]2CCCC2)c2ccccc12.O=C(OC(C(F)(F)F)C(F)(F)S(=O)(=O)[O-])C12CC3CC(CC(C3)C1)C2.O=C(OC(C(F)(F)F)C(F)(F)S(=O)(=O)[O-])C12CC3CC(CC(C3)C1)C2.c1ccc([S+](c2ccccc2)c2ccccc2)cc1. The van der Waals surface area contributed by atoms with Crippen LogP contribution in [-0.4, -0.2) is 135 Å². The van der Waals surface area contributed by atoms with Gasteiger partial charge in [0.05, 0.1) is 39.2 Å². The van der Waals surface area contributed by atoms with Gasteiger partial charge < -0.3 is 37.3 Å². The fourth-order valence-electron chi connectivity index (χ4n) is 18.7. The van der Waals surface area contributed by atoms with Gasteiger partial charge in [0.25, 0.3) is 18.3 Å². The molecule has 3 unspecified atom stereocenters. The molecule has 3 atom stereocenters. The third-order valence-corrected chi connectivity index (χ3v) is 33.7. The van der Waals surface area contributed by atoms with E-state index in [4.69, 9.17) is 9.47 Å². The van der Waals surface area contributed by atoms with Gasteiger partial charge >= 0.3 is 46.2 Å². The van der Waals surface area contributed by atoms with E-state index in [-0.39, 0.29) is 95.8 Å². The highest BCUT2D eigenvalue weighted by Gasteiger charge is 2.68. The number of fused-ring (bicyclic) bond motifs is 1. The lowest BCUT2D eigenvalue weighted by Gasteiger charge is -2.55. The van der Waals surface area contributed by atoms with Crippen molar-refractivity contribution < 1.29 is 138 Å². The summed E-state index contributed by atoms with van der Waals surface area (Å²) in [7, 11) is -18.6. The summed E-state index contributed by atoms with van der Waals surface area (Å²) >= 11 is 0. The quantitative estimate of drug-likeness (QED) is 0.0190. The Morgan fingerprint density at radius 1 is 0.388 bits per heavy atom. The van der Waals surface area contributed by atoms with E-state index in [1.54, 1.807) is 7.11 Å². The van der Waals surface area contributed by atoms with Crippen LogP contribution in [0.2, 0.25) is 0 Å². The van der Waals surface area contributed by atoms with Crippen LogP contribution >= 0.6 is 0 Å². The second kappa shape index (κ2) is 39.8. The molecule has 8 aromatic rings. The smallest absolute Gasteiger partial charge is 0.432 e. The number of ether oxygens (including phenoxy) is 5. The maximum Gasteiger partial charge on any atom is 0.432 e. The molecule has 8 saturated carbocycles. The molecule has 1 aliphatic heterocycles. The number of halogens is 15. The van der Waals surface area contributed by atoms with Crippen molar-refractivity contribution in [1.82, 2.24) is 0 Å². The predicted octanol–water partition coefficient (Wildman–Crippen LogP) is 21.9. The average molecular weight is 1940 g/mol. The first-order chi connectivity index (χ1) is 60.0. The van der Waals surface area contributed by atoms with E-state index in [2.05, 4.69) is 183 Å². The Balaban J connectivity index is 0.000000160. The Hall–Kier alpha value is -7.75. The molecule has 9 aliphatic rings. The molecule has 129 heavy (non-hydrogen) atoms. The van der Waals surface area contributed by atoms with Gasteiger partial charge in [-0.3, -0.25) is 9.59 Å². The molecule has 1 heterocycles. The second-order valence-electron chi connectivity index (χ2n) is 35.8. The van der Waals surface area contributed by atoms with Crippen LogP contribution in [0.4, 0.5) is 65.9 Å². The minimum absolute atomic E-state index is 0.0146. The zero-order chi connectivity index (χ0) is 94.7. The first-order valence-corrected chi connectivity index (χ1v) is 49.7. The molecule has 0 spiro atoms. The molecule has 8 aromatic carbocycles. The van der Waals surface area contributed by atoms with Gasteiger partial charge in [0.15, 0.2) is 64.6 Å². The van der Waals surface area contributed by atoms with Crippen LogP contribution in [0, 0.1) is 46.3 Å². The summed E-state index contributed by atoms with van der Waals surface area (Å²) < 4.78 is 319. The lowest BCUT2D eigenvalue weighted by atomic mass is 9.49. The number of hydrogen-bond donors (Lipinski definition) is 0. The average Bonchev–Trinajstić information content (AvgIpc) is 0.928. The lowest BCUT2D eigenvalue weighted by Crippen LogP contribution is -2.56. The van der Waals surface area contributed by atoms with Crippen molar-refractivity contribution in [3.8, 4) is 11.5 Å². The lowest BCUT2D eigenvalue weighted by molar-refractivity contribution is -0.266. The van der Waals surface area contributed by atoms with E-state index < -0.39 is 122 Å². The Kier molecular flexibility index (Phi) is 31.4. The summed E-state index contributed by atoms with van der Waals surface area (Å²) in [6.07, 6.45) is -21.0. The van der Waals surface area contributed by atoms with Crippen molar-refractivity contribution in [3.05, 3.63) is 211 Å². The Bertz CT molecular complexity index is 5150. The van der Waals surface area contributed by atoms with Gasteiger partial charge in [0.1, 0.15) is 29.6 Å².